The first-order valence-corrected chi connectivity index (χ1v) is 9.25. The Labute approximate surface area is 144 Å². The van der Waals surface area contributed by atoms with Crippen molar-refractivity contribution >= 4 is 32.2 Å². The first-order valence-electron chi connectivity index (χ1n) is 7.76. The summed E-state index contributed by atoms with van der Waals surface area (Å²) in [7, 11) is -3.83. The third-order valence-corrected chi connectivity index (χ3v) is 5.86. The quantitative estimate of drug-likeness (QED) is 0.572. The van der Waals surface area contributed by atoms with Crippen LogP contribution in [0.2, 0.25) is 0 Å². The van der Waals surface area contributed by atoms with Gasteiger partial charge in [0.15, 0.2) is 0 Å². The van der Waals surface area contributed by atoms with Crippen molar-refractivity contribution in [2.24, 2.45) is 0 Å². The molecule has 1 N–H and O–H groups in total. The Morgan fingerprint density at radius 1 is 0.920 bits per heavy atom. The zero-order valence-corrected chi connectivity index (χ0v) is 13.9. The van der Waals surface area contributed by atoms with Crippen LogP contribution in [0.1, 0.15) is 11.1 Å². The number of hydrogen-bond donors (Lipinski definition) is 1. The smallest absolute Gasteiger partial charge is 0.269 e. The van der Waals surface area contributed by atoms with Crippen LogP contribution in [-0.2, 0) is 22.9 Å². The van der Waals surface area contributed by atoms with Crippen LogP contribution in [0.15, 0.2) is 59.5 Å². The van der Waals surface area contributed by atoms with Crippen molar-refractivity contribution in [3.8, 4) is 0 Å². The van der Waals surface area contributed by atoms with Gasteiger partial charge < -0.3 is 0 Å². The van der Waals surface area contributed by atoms with Gasteiger partial charge in [-0.1, -0.05) is 24.3 Å². The molecule has 1 aliphatic rings. The minimum Gasteiger partial charge on any atom is -0.279 e. The normalized spacial score (nSPS) is 13.1. The van der Waals surface area contributed by atoms with Gasteiger partial charge in [-0.2, -0.15) is 0 Å². The van der Waals surface area contributed by atoms with Crippen LogP contribution in [0, 0.1) is 10.1 Å². The molecule has 3 aromatic carbocycles. The largest absolute Gasteiger partial charge is 0.279 e. The third kappa shape index (κ3) is 2.62. The second-order valence-corrected chi connectivity index (χ2v) is 7.65. The minimum atomic E-state index is -3.83. The molecule has 6 nitrogen and oxygen atoms in total. The Kier molecular flexibility index (Phi) is 3.47. The van der Waals surface area contributed by atoms with Gasteiger partial charge in [-0.05, 0) is 47.6 Å². The fourth-order valence-electron chi connectivity index (χ4n) is 3.29. The number of rotatable bonds is 4. The van der Waals surface area contributed by atoms with E-state index in [0.29, 0.717) is 5.69 Å². The Morgan fingerprint density at radius 2 is 1.60 bits per heavy atom. The zero-order chi connectivity index (χ0) is 17.6. The second-order valence-electron chi connectivity index (χ2n) is 5.97. The Morgan fingerprint density at radius 3 is 2.28 bits per heavy atom. The topological polar surface area (TPSA) is 89.3 Å². The maximum atomic E-state index is 12.6. The average molecular weight is 354 g/mol. The van der Waals surface area contributed by atoms with Gasteiger partial charge in [-0.3, -0.25) is 14.8 Å². The summed E-state index contributed by atoms with van der Waals surface area (Å²) in [6.07, 6.45) is 1.93. The van der Waals surface area contributed by atoms with Crippen LogP contribution in [0.3, 0.4) is 0 Å². The lowest BCUT2D eigenvalue weighted by Crippen LogP contribution is -2.13. The van der Waals surface area contributed by atoms with Gasteiger partial charge in [0, 0.05) is 17.5 Å². The highest BCUT2D eigenvalue weighted by Gasteiger charge is 2.20. The maximum Gasteiger partial charge on any atom is 0.269 e. The maximum absolute atomic E-state index is 12.6. The van der Waals surface area contributed by atoms with E-state index in [1.165, 1.54) is 35.4 Å². The molecule has 3 aromatic rings. The van der Waals surface area contributed by atoms with E-state index >= 15 is 0 Å². The number of nitro benzene ring substituents is 1. The van der Waals surface area contributed by atoms with E-state index < -0.39 is 14.9 Å². The lowest BCUT2D eigenvalue weighted by molar-refractivity contribution is -0.384. The average Bonchev–Trinajstić information content (AvgIpc) is 3.02. The molecule has 0 spiro atoms. The van der Waals surface area contributed by atoms with E-state index in [1.807, 2.05) is 18.2 Å². The Bertz CT molecular complexity index is 1100. The molecular formula is C18H14N2O4S. The fourth-order valence-corrected chi connectivity index (χ4v) is 4.37. The minimum absolute atomic E-state index is 0.0126. The lowest BCUT2D eigenvalue weighted by Gasteiger charge is -2.12. The predicted molar refractivity (Wildman–Crippen MR) is 95.3 cm³/mol. The summed E-state index contributed by atoms with van der Waals surface area (Å²) in [5.41, 5.74) is 2.82. The predicted octanol–water partition coefficient (Wildman–Crippen LogP) is 3.65. The third-order valence-electron chi connectivity index (χ3n) is 4.48. The molecule has 0 atom stereocenters. The monoisotopic (exact) mass is 354 g/mol. The number of nitro groups is 1. The Balaban J connectivity index is 1.75. The number of sulfonamides is 1. The van der Waals surface area contributed by atoms with Gasteiger partial charge in [0.05, 0.1) is 15.5 Å². The first-order chi connectivity index (χ1) is 12.0. The number of nitrogens with one attached hydrogen (secondary N) is 1. The van der Waals surface area contributed by atoms with Crippen molar-refractivity contribution in [3.63, 3.8) is 0 Å². The van der Waals surface area contributed by atoms with E-state index in [0.717, 1.165) is 23.6 Å². The first kappa shape index (κ1) is 15.6. The zero-order valence-electron chi connectivity index (χ0n) is 13.1. The van der Waals surface area contributed by atoms with Gasteiger partial charge >= 0.3 is 0 Å². The molecule has 0 amide bonds. The summed E-state index contributed by atoms with van der Waals surface area (Å²) in [4.78, 5) is 10.1. The highest BCUT2D eigenvalue weighted by atomic mass is 32.2. The molecule has 0 saturated carbocycles. The fraction of sp³-hybridized carbons (Fsp3) is 0.111. The summed E-state index contributed by atoms with van der Waals surface area (Å²) in [5.74, 6) is 0. The van der Waals surface area contributed by atoms with Crippen LogP contribution in [0.25, 0.3) is 10.8 Å². The van der Waals surface area contributed by atoms with Crippen molar-refractivity contribution in [2.75, 3.05) is 4.72 Å². The second kappa shape index (κ2) is 5.56. The molecule has 0 radical (unpaired) electrons. The SMILES string of the molecule is O=[N+]([O-])c1ccc(S(=O)(=O)Nc2ccc3c4c(cccc24)CC3)cc1. The molecule has 0 aromatic heterocycles. The highest BCUT2D eigenvalue weighted by molar-refractivity contribution is 7.92. The number of nitrogens with zero attached hydrogens (tertiary/aromatic N) is 1. The van der Waals surface area contributed by atoms with E-state index in [1.54, 1.807) is 6.07 Å². The summed E-state index contributed by atoms with van der Waals surface area (Å²) in [5, 5.41) is 12.7. The molecule has 0 unspecified atom stereocenters. The molecule has 25 heavy (non-hydrogen) atoms. The van der Waals surface area contributed by atoms with E-state index in [9.17, 15) is 18.5 Å². The number of aryl methyl sites for hydroxylation is 2. The van der Waals surface area contributed by atoms with Gasteiger partial charge in [0.2, 0.25) is 0 Å². The van der Waals surface area contributed by atoms with Gasteiger partial charge in [-0.25, -0.2) is 8.42 Å². The van der Waals surface area contributed by atoms with Crippen LogP contribution in [0.5, 0.6) is 0 Å². The molecule has 1 aliphatic carbocycles. The number of anilines is 1. The molecule has 7 heteroatoms. The van der Waals surface area contributed by atoms with Crippen LogP contribution in [0.4, 0.5) is 11.4 Å². The van der Waals surface area contributed by atoms with Crippen LogP contribution >= 0.6 is 0 Å². The molecule has 0 fully saturated rings. The van der Waals surface area contributed by atoms with Crippen molar-refractivity contribution in [1.82, 2.24) is 0 Å². The van der Waals surface area contributed by atoms with Gasteiger partial charge in [0.1, 0.15) is 0 Å². The van der Waals surface area contributed by atoms with Crippen molar-refractivity contribution in [1.29, 1.82) is 0 Å². The van der Waals surface area contributed by atoms with Crippen molar-refractivity contribution in [2.45, 2.75) is 17.7 Å². The summed E-state index contributed by atoms with van der Waals surface area (Å²) >= 11 is 0. The molecule has 0 bridgehead atoms. The van der Waals surface area contributed by atoms with E-state index in [4.69, 9.17) is 0 Å². The van der Waals surface area contributed by atoms with Gasteiger partial charge in [-0.15, -0.1) is 0 Å². The molecule has 0 saturated heterocycles. The molecule has 0 aliphatic heterocycles. The number of hydrogen-bond acceptors (Lipinski definition) is 4. The molecule has 126 valence electrons. The molecule has 0 heterocycles. The van der Waals surface area contributed by atoms with E-state index in [2.05, 4.69) is 10.8 Å². The molecule has 4 rings (SSSR count). The highest BCUT2D eigenvalue weighted by Crippen LogP contribution is 2.35. The standard InChI is InChI=1S/C18H14N2O4S/c21-20(22)14-7-9-15(10-8-14)25(23,24)19-17-11-6-13-5-4-12-2-1-3-16(17)18(12)13/h1-3,6-11,19H,4-5H2. The number of non-ortho nitro benzene ring substituents is 1. The summed E-state index contributed by atoms with van der Waals surface area (Å²) < 4.78 is 27.9. The Hall–Kier alpha value is -2.93. The van der Waals surface area contributed by atoms with E-state index in [-0.39, 0.29) is 10.6 Å². The lowest BCUT2D eigenvalue weighted by atomic mass is 10.0. The number of benzene rings is 3. The molecular weight excluding hydrogens is 340 g/mol. The van der Waals surface area contributed by atoms with Crippen LogP contribution in [-0.4, -0.2) is 13.3 Å². The van der Waals surface area contributed by atoms with Crippen molar-refractivity contribution < 1.29 is 13.3 Å². The van der Waals surface area contributed by atoms with Gasteiger partial charge in [0.25, 0.3) is 15.7 Å². The summed E-state index contributed by atoms with van der Waals surface area (Å²) in [6.45, 7) is 0. The van der Waals surface area contributed by atoms with Crippen LogP contribution < -0.4 is 4.72 Å². The summed E-state index contributed by atoms with van der Waals surface area (Å²) in [6, 6.07) is 14.5. The van der Waals surface area contributed by atoms with Crippen molar-refractivity contribution in [3.05, 3.63) is 75.8 Å².